The Hall–Kier alpha value is -3.40. The molecule has 0 unspecified atom stereocenters. The second-order valence-electron chi connectivity index (χ2n) is 6.55. The van der Waals surface area contributed by atoms with Gasteiger partial charge in [0.25, 0.3) is 5.56 Å². The highest BCUT2D eigenvalue weighted by molar-refractivity contribution is 5.98. The van der Waals surface area contributed by atoms with Crippen LogP contribution in [0.25, 0.3) is 33.2 Å². The lowest BCUT2D eigenvalue weighted by atomic mass is 10.1. The highest BCUT2D eigenvalue weighted by atomic mass is 19.1. The molecule has 126 valence electrons. The quantitative estimate of drug-likeness (QED) is 0.430. The Labute approximate surface area is 148 Å². The Bertz CT molecular complexity index is 1310. The third-order valence-electron chi connectivity index (χ3n) is 4.86. The molecule has 0 saturated carbocycles. The minimum atomic E-state index is -0.282. The van der Waals surface area contributed by atoms with Gasteiger partial charge in [-0.2, -0.15) is 0 Å². The van der Waals surface area contributed by atoms with E-state index >= 15 is 0 Å². The van der Waals surface area contributed by atoms with Crippen molar-refractivity contribution in [2.24, 2.45) is 0 Å². The van der Waals surface area contributed by atoms with Gasteiger partial charge in [0.05, 0.1) is 16.9 Å². The molecule has 26 heavy (non-hydrogen) atoms. The molecular formula is C22H15FN2O. The van der Waals surface area contributed by atoms with Crippen molar-refractivity contribution in [2.75, 3.05) is 0 Å². The molecule has 2 aliphatic rings. The fourth-order valence-corrected chi connectivity index (χ4v) is 3.66. The third-order valence-corrected chi connectivity index (χ3v) is 4.86. The lowest BCUT2D eigenvalue weighted by molar-refractivity contribution is 0.628. The number of hydrogen-bond donors (Lipinski definition) is 0. The molecule has 0 N–H and O–H groups in total. The Morgan fingerprint density at radius 2 is 1.73 bits per heavy atom. The van der Waals surface area contributed by atoms with Crippen LogP contribution in [0.15, 0.2) is 77.9 Å². The fraction of sp³-hybridized carbons (Fsp3) is 0.0455. The number of pyridine rings is 1. The van der Waals surface area contributed by atoms with Gasteiger partial charge in [0.15, 0.2) is 0 Å². The van der Waals surface area contributed by atoms with Gasteiger partial charge in [-0.15, -0.1) is 0 Å². The number of rotatable bonds is 1. The van der Waals surface area contributed by atoms with Gasteiger partial charge in [-0.3, -0.25) is 9.36 Å². The molecule has 2 aliphatic heterocycles. The lowest BCUT2D eigenvalue weighted by Crippen LogP contribution is -2.14. The van der Waals surface area contributed by atoms with E-state index < -0.39 is 0 Å². The summed E-state index contributed by atoms with van der Waals surface area (Å²) in [7, 11) is 0. The standard InChI is InChI=1S/C22H15FN2O/c1-14-5-10-18-19(12-14)22(26)25-13-17-4-2-3-11-24(17)20(21(18)25)15-6-8-16(23)9-7-15/h2-13H,1H3. The molecule has 0 amide bonds. The number of halogens is 1. The van der Waals surface area contributed by atoms with Crippen LogP contribution in [0.4, 0.5) is 4.39 Å². The Morgan fingerprint density at radius 1 is 0.923 bits per heavy atom. The van der Waals surface area contributed by atoms with E-state index in [1.54, 1.807) is 16.7 Å². The van der Waals surface area contributed by atoms with Gasteiger partial charge in [-0.25, -0.2) is 4.39 Å². The molecule has 0 saturated heterocycles. The van der Waals surface area contributed by atoms with Gasteiger partial charge < -0.3 is 4.40 Å². The van der Waals surface area contributed by atoms with E-state index in [0.717, 1.165) is 33.4 Å². The minimum Gasteiger partial charge on any atom is -0.313 e. The predicted molar refractivity (Wildman–Crippen MR) is 102 cm³/mol. The number of aromatic nitrogens is 2. The highest BCUT2D eigenvalue weighted by Gasteiger charge is 2.21. The number of benzene rings is 2. The zero-order valence-corrected chi connectivity index (χ0v) is 14.1. The highest BCUT2D eigenvalue weighted by Crippen LogP contribution is 2.34. The minimum absolute atomic E-state index is 0.0339. The average Bonchev–Trinajstić information content (AvgIpc) is 2.92. The molecule has 5 rings (SSSR count). The summed E-state index contributed by atoms with van der Waals surface area (Å²) in [5.74, 6) is -0.282. The molecule has 0 fully saturated rings. The maximum Gasteiger partial charge on any atom is 0.263 e. The topological polar surface area (TPSA) is 26.4 Å². The smallest absolute Gasteiger partial charge is 0.263 e. The fourth-order valence-electron chi connectivity index (χ4n) is 3.66. The number of fused-ring (bicyclic) bond motifs is 4. The zero-order valence-electron chi connectivity index (χ0n) is 14.1. The molecule has 3 aromatic rings. The summed E-state index contributed by atoms with van der Waals surface area (Å²) in [5, 5.41) is 1.60. The van der Waals surface area contributed by atoms with Crippen molar-refractivity contribution in [3.8, 4) is 16.9 Å². The molecule has 0 atom stereocenters. The maximum atomic E-state index is 13.5. The van der Waals surface area contributed by atoms with E-state index in [1.807, 2.05) is 60.1 Å². The van der Waals surface area contributed by atoms with E-state index in [4.69, 9.17) is 0 Å². The van der Waals surface area contributed by atoms with Crippen molar-refractivity contribution in [2.45, 2.75) is 6.92 Å². The summed E-state index contributed by atoms with van der Waals surface area (Å²) in [6.45, 7) is 1.98. The first-order valence-corrected chi connectivity index (χ1v) is 8.44. The van der Waals surface area contributed by atoms with Crippen molar-refractivity contribution in [3.05, 3.63) is 94.8 Å². The molecule has 3 nitrogen and oxygen atoms in total. The van der Waals surface area contributed by atoms with Gasteiger partial charge >= 0.3 is 0 Å². The molecule has 0 aliphatic carbocycles. The summed E-state index contributed by atoms with van der Waals surface area (Å²) >= 11 is 0. The predicted octanol–water partition coefficient (Wildman–Crippen LogP) is 4.80. The molecule has 2 aromatic carbocycles. The van der Waals surface area contributed by atoms with Crippen LogP contribution in [0.2, 0.25) is 0 Å². The normalized spacial score (nSPS) is 11.6. The summed E-state index contributed by atoms with van der Waals surface area (Å²) < 4.78 is 17.2. The first-order valence-electron chi connectivity index (χ1n) is 8.44. The second-order valence-corrected chi connectivity index (χ2v) is 6.55. The van der Waals surface area contributed by atoms with Crippen LogP contribution in [-0.4, -0.2) is 8.97 Å². The van der Waals surface area contributed by atoms with Gasteiger partial charge in [-0.05, 0) is 49.4 Å². The van der Waals surface area contributed by atoms with Gasteiger partial charge in [0.1, 0.15) is 5.82 Å². The van der Waals surface area contributed by atoms with E-state index in [1.165, 1.54) is 12.1 Å². The van der Waals surface area contributed by atoms with Gasteiger partial charge in [-0.1, -0.05) is 23.8 Å². The maximum absolute atomic E-state index is 13.5. The monoisotopic (exact) mass is 342 g/mol. The van der Waals surface area contributed by atoms with E-state index in [2.05, 4.69) is 0 Å². The first kappa shape index (κ1) is 14.9. The second kappa shape index (κ2) is 5.30. The SMILES string of the molecule is Cc1ccc2c3c(-c4ccc(F)cc4)n4ccccc4cn-3c(=O)c2c1. The van der Waals surface area contributed by atoms with Crippen LogP contribution in [0.1, 0.15) is 5.56 Å². The lowest BCUT2D eigenvalue weighted by Gasteiger charge is -2.17. The van der Waals surface area contributed by atoms with Crippen molar-refractivity contribution in [1.29, 1.82) is 0 Å². The molecule has 0 spiro atoms. The van der Waals surface area contributed by atoms with Crippen molar-refractivity contribution < 1.29 is 4.39 Å². The molecule has 0 radical (unpaired) electrons. The van der Waals surface area contributed by atoms with Crippen LogP contribution in [0.5, 0.6) is 0 Å². The van der Waals surface area contributed by atoms with E-state index in [9.17, 15) is 9.18 Å². The largest absolute Gasteiger partial charge is 0.313 e. The van der Waals surface area contributed by atoms with Gasteiger partial charge in [0, 0.05) is 28.7 Å². The van der Waals surface area contributed by atoms with Crippen molar-refractivity contribution in [3.63, 3.8) is 0 Å². The number of nitrogens with zero attached hydrogens (tertiary/aromatic N) is 2. The number of hydrogen-bond acceptors (Lipinski definition) is 1. The summed E-state index contributed by atoms with van der Waals surface area (Å²) in [6, 6.07) is 18.2. The van der Waals surface area contributed by atoms with Crippen LogP contribution >= 0.6 is 0 Å². The molecule has 4 heteroatoms. The summed E-state index contributed by atoms with van der Waals surface area (Å²) in [5.41, 5.74) is 4.48. The van der Waals surface area contributed by atoms with Crippen LogP contribution < -0.4 is 5.56 Å². The van der Waals surface area contributed by atoms with Crippen LogP contribution in [0.3, 0.4) is 0 Å². The summed E-state index contributed by atoms with van der Waals surface area (Å²) in [4.78, 5) is 13.0. The molecule has 0 bridgehead atoms. The molecule has 3 heterocycles. The summed E-state index contributed by atoms with van der Waals surface area (Å²) in [6.07, 6.45) is 3.82. The Morgan fingerprint density at radius 3 is 2.54 bits per heavy atom. The molecular weight excluding hydrogens is 327 g/mol. The third kappa shape index (κ3) is 2.02. The van der Waals surface area contributed by atoms with Gasteiger partial charge in [0.2, 0.25) is 0 Å². The zero-order chi connectivity index (χ0) is 17.8. The Balaban J connectivity index is 2.05. The number of aryl methyl sites for hydroxylation is 1. The first-order chi connectivity index (χ1) is 12.6. The van der Waals surface area contributed by atoms with Crippen molar-refractivity contribution in [1.82, 2.24) is 8.97 Å². The van der Waals surface area contributed by atoms with E-state index in [-0.39, 0.29) is 11.4 Å². The molecule has 1 aromatic heterocycles. The van der Waals surface area contributed by atoms with E-state index in [0.29, 0.717) is 5.39 Å². The average molecular weight is 342 g/mol. The van der Waals surface area contributed by atoms with Crippen LogP contribution in [0, 0.1) is 12.7 Å². The van der Waals surface area contributed by atoms with Crippen LogP contribution in [-0.2, 0) is 0 Å². The Kier molecular flexibility index (Phi) is 3.04. The van der Waals surface area contributed by atoms with Crippen molar-refractivity contribution >= 4 is 16.3 Å².